The standard InChI is InChI=1S/C21H16ClN3O2/c1-27-18-8-9-20-19(12-18)21(23-16-6-3-5-15(22)11-16)24-25(20)17-7-2-4-14(10-17)13-26/h2-13H,1H3,(H,23,24). The highest BCUT2D eigenvalue weighted by Gasteiger charge is 2.14. The van der Waals surface area contributed by atoms with Gasteiger partial charge >= 0.3 is 0 Å². The minimum atomic E-state index is 0.592. The second-order valence-electron chi connectivity index (χ2n) is 5.99. The van der Waals surface area contributed by atoms with Crippen molar-refractivity contribution in [3.8, 4) is 11.4 Å². The van der Waals surface area contributed by atoms with Crippen LogP contribution < -0.4 is 10.1 Å². The number of hydrogen-bond acceptors (Lipinski definition) is 4. The third-order valence-electron chi connectivity index (χ3n) is 4.23. The van der Waals surface area contributed by atoms with Gasteiger partial charge in [0.25, 0.3) is 0 Å². The molecule has 3 aromatic carbocycles. The van der Waals surface area contributed by atoms with Gasteiger partial charge in [-0.2, -0.15) is 0 Å². The summed E-state index contributed by atoms with van der Waals surface area (Å²) < 4.78 is 7.17. The zero-order valence-corrected chi connectivity index (χ0v) is 15.3. The van der Waals surface area contributed by atoms with Crippen LogP contribution in [0.25, 0.3) is 16.6 Å². The molecule has 0 atom stereocenters. The first kappa shape index (κ1) is 17.1. The Labute approximate surface area is 161 Å². The van der Waals surface area contributed by atoms with Crippen LogP contribution in [-0.4, -0.2) is 23.2 Å². The number of carbonyl (C=O) groups excluding carboxylic acids is 1. The van der Waals surface area contributed by atoms with E-state index in [0.29, 0.717) is 16.4 Å². The van der Waals surface area contributed by atoms with E-state index in [1.807, 2.05) is 54.6 Å². The van der Waals surface area contributed by atoms with Crippen molar-refractivity contribution in [1.82, 2.24) is 9.78 Å². The molecule has 0 spiro atoms. The van der Waals surface area contributed by atoms with Gasteiger partial charge in [0, 0.05) is 21.7 Å². The van der Waals surface area contributed by atoms with Gasteiger partial charge in [-0.1, -0.05) is 29.8 Å². The molecule has 0 unspecified atom stereocenters. The topological polar surface area (TPSA) is 56.1 Å². The van der Waals surface area contributed by atoms with Crippen LogP contribution >= 0.6 is 11.6 Å². The maximum atomic E-state index is 11.1. The molecule has 0 radical (unpaired) electrons. The fraction of sp³-hybridized carbons (Fsp3) is 0.0476. The summed E-state index contributed by atoms with van der Waals surface area (Å²) in [5.74, 6) is 1.40. The van der Waals surface area contributed by atoms with E-state index >= 15 is 0 Å². The first-order valence-electron chi connectivity index (χ1n) is 8.33. The lowest BCUT2D eigenvalue weighted by Crippen LogP contribution is -1.98. The van der Waals surface area contributed by atoms with Gasteiger partial charge in [0.05, 0.1) is 18.3 Å². The number of anilines is 2. The second kappa shape index (κ2) is 7.13. The lowest BCUT2D eigenvalue weighted by Gasteiger charge is -2.04. The smallest absolute Gasteiger partial charge is 0.160 e. The van der Waals surface area contributed by atoms with E-state index in [9.17, 15) is 4.79 Å². The van der Waals surface area contributed by atoms with Crippen molar-refractivity contribution < 1.29 is 9.53 Å². The third-order valence-corrected chi connectivity index (χ3v) is 4.46. The fourth-order valence-electron chi connectivity index (χ4n) is 2.95. The number of fused-ring (bicyclic) bond motifs is 1. The van der Waals surface area contributed by atoms with Crippen molar-refractivity contribution in [3.63, 3.8) is 0 Å². The highest BCUT2D eigenvalue weighted by atomic mass is 35.5. The van der Waals surface area contributed by atoms with Crippen LogP contribution in [-0.2, 0) is 0 Å². The van der Waals surface area contributed by atoms with Crippen molar-refractivity contribution in [2.75, 3.05) is 12.4 Å². The van der Waals surface area contributed by atoms with Crippen LogP contribution in [0, 0.1) is 0 Å². The van der Waals surface area contributed by atoms with E-state index in [0.717, 1.165) is 34.3 Å². The Morgan fingerprint density at radius 3 is 2.70 bits per heavy atom. The highest BCUT2D eigenvalue weighted by molar-refractivity contribution is 6.30. The van der Waals surface area contributed by atoms with E-state index in [1.165, 1.54) is 0 Å². The molecule has 5 nitrogen and oxygen atoms in total. The molecule has 0 bridgehead atoms. The van der Waals surface area contributed by atoms with Crippen LogP contribution in [0.1, 0.15) is 10.4 Å². The molecule has 1 N–H and O–H groups in total. The molecule has 27 heavy (non-hydrogen) atoms. The van der Waals surface area contributed by atoms with E-state index in [1.54, 1.807) is 23.9 Å². The van der Waals surface area contributed by atoms with E-state index < -0.39 is 0 Å². The van der Waals surface area contributed by atoms with Crippen molar-refractivity contribution in [3.05, 3.63) is 77.3 Å². The minimum absolute atomic E-state index is 0.592. The second-order valence-corrected chi connectivity index (χ2v) is 6.43. The Hall–Kier alpha value is -3.31. The number of nitrogens with one attached hydrogen (secondary N) is 1. The molecular weight excluding hydrogens is 362 g/mol. The van der Waals surface area contributed by atoms with E-state index in [2.05, 4.69) is 5.32 Å². The number of benzene rings is 3. The molecule has 0 saturated carbocycles. The third kappa shape index (κ3) is 3.37. The number of aldehydes is 1. The number of halogens is 1. The predicted octanol–water partition coefficient (Wildman–Crippen LogP) is 5.24. The first-order valence-corrected chi connectivity index (χ1v) is 8.71. The monoisotopic (exact) mass is 377 g/mol. The fourth-order valence-corrected chi connectivity index (χ4v) is 3.14. The molecule has 6 heteroatoms. The Morgan fingerprint density at radius 2 is 1.93 bits per heavy atom. The Balaban J connectivity index is 1.88. The average Bonchev–Trinajstić information content (AvgIpc) is 3.05. The quantitative estimate of drug-likeness (QED) is 0.483. The maximum absolute atomic E-state index is 11.1. The molecule has 1 aromatic heterocycles. The molecule has 0 amide bonds. The van der Waals surface area contributed by atoms with Crippen molar-refractivity contribution in [1.29, 1.82) is 0 Å². The molecule has 134 valence electrons. The predicted molar refractivity (Wildman–Crippen MR) is 108 cm³/mol. The molecule has 4 rings (SSSR count). The summed E-state index contributed by atoms with van der Waals surface area (Å²) in [4.78, 5) is 11.1. The van der Waals surface area contributed by atoms with Crippen LogP contribution in [0.3, 0.4) is 0 Å². The Kier molecular flexibility index (Phi) is 4.52. The normalized spacial score (nSPS) is 10.7. The number of aromatic nitrogens is 2. The first-order chi connectivity index (χ1) is 13.2. The van der Waals surface area contributed by atoms with Gasteiger partial charge < -0.3 is 10.1 Å². The summed E-state index contributed by atoms with van der Waals surface area (Å²) >= 11 is 6.09. The molecule has 0 fully saturated rings. The number of ether oxygens (including phenoxy) is 1. The van der Waals surface area contributed by atoms with Crippen LogP contribution in [0.2, 0.25) is 5.02 Å². The van der Waals surface area contributed by atoms with Gasteiger partial charge in [-0.3, -0.25) is 4.79 Å². The number of carbonyl (C=O) groups is 1. The molecule has 4 aromatic rings. The summed E-state index contributed by atoms with van der Waals surface area (Å²) in [6.07, 6.45) is 0.823. The summed E-state index contributed by atoms with van der Waals surface area (Å²) in [7, 11) is 1.63. The van der Waals surface area contributed by atoms with Gasteiger partial charge in [-0.15, -0.1) is 5.10 Å². The highest BCUT2D eigenvalue weighted by Crippen LogP contribution is 2.31. The minimum Gasteiger partial charge on any atom is -0.497 e. The van der Waals surface area contributed by atoms with Gasteiger partial charge in [0.2, 0.25) is 0 Å². The SMILES string of the molecule is COc1ccc2c(c1)c(Nc1cccc(Cl)c1)nn2-c1cccc(C=O)c1. The molecular formula is C21H16ClN3O2. The van der Waals surface area contributed by atoms with Gasteiger partial charge in [-0.25, -0.2) is 4.68 Å². The largest absolute Gasteiger partial charge is 0.497 e. The number of rotatable bonds is 5. The van der Waals surface area contributed by atoms with Crippen LogP contribution in [0.4, 0.5) is 11.5 Å². The van der Waals surface area contributed by atoms with Crippen LogP contribution in [0.15, 0.2) is 66.7 Å². The van der Waals surface area contributed by atoms with Crippen molar-refractivity contribution >= 4 is 40.3 Å². The summed E-state index contributed by atoms with van der Waals surface area (Å²) in [5, 5.41) is 9.58. The zero-order valence-electron chi connectivity index (χ0n) is 14.5. The van der Waals surface area contributed by atoms with Gasteiger partial charge in [0.15, 0.2) is 5.82 Å². The molecule has 0 saturated heterocycles. The van der Waals surface area contributed by atoms with Crippen molar-refractivity contribution in [2.45, 2.75) is 0 Å². The van der Waals surface area contributed by atoms with Crippen LogP contribution in [0.5, 0.6) is 5.75 Å². The Bertz CT molecular complexity index is 1140. The van der Waals surface area contributed by atoms with Gasteiger partial charge in [0.1, 0.15) is 12.0 Å². The van der Waals surface area contributed by atoms with E-state index in [-0.39, 0.29) is 0 Å². The maximum Gasteiger partial charge on any atom is 0.160 e. The zero-order chi connectivity index (χ0) is 18.8. The Morgan fingerprint density at radius 1 is 1.07 bits per heavy atom. The lowest BCUT2D eigenvalue weighted by molar-refractivity contribution is 0.112. The average molecular weight is 378 g/mol. The van der Waals surface area contributed by atoms with Crippen molar-refractivity contribution in [2.24, 2.45) is 0 Å². The summed E-state index contributed by atoms with van der Waals surface area (Å²) in [6.45, 7) is 0. The summed E-state index contributed by atoms with van der Waals surface area (Å²) in [6, 6.07) is 20.5. The molecule has 1 heterocycles. The summed E-state index contributed by atoms with van der Waals surface area (Å²) in [5.41, 5.74) is 3.12. The van der Waals surface area contributed by atoms with Gasteiger partial charge in [-0.05, 0) is 48.5 Å². The lowest BCUT2D eigenvalue weighted by atomic mass is 10.2. The molecule has 0 aliphatic heterocycles. The number of hydrogen-bond donors (Lipinski definition) is 1. The molecule has 0 aliphatic carbocycles. The molecule has 0 aliphatic rings. The number of methoxy groups -OCH3 is 1. The number of nitrogens with zero attached hydrogens (tertiary/aromatic N) is 2. The van der Waals surface area contributed by atoms with E-state index in [4.69, 9.17) is 21.4 Å².